The minimum Gasteiger partial charge on any atom is -0.0651 e. The topological polar surface area (TPSA) is 0 Å². The molecule has 0 radical (unpaired) electrons. The van der Waals surface area contributed by atoms with E-state index in [1.165, 1.54) is 32.1 Å². The second-order valence-corrected chi connectivity index (χ2v) is 5.38. The van der Waals surface area contributed by atoms with Crippen LogP contribution in [0.25, 0.3) is 0 Å². The molecule has 92 valence electrons. The molecule has 0 aromatic carbocycles. The summed E-state index contributed by atoms with van der Waals surface area (Å²) in [5.74, 6) is 3.73. The summed E-state index contributed by atoms with van der Waals surface area (Å²) in [6, 6.07) is 0. The van der Waals surface area contributed by atoms with Gasteiger partial charge in [-0.2, -0.15) is 0 Å². The van der Waals surface area contributed by atoms with Crippen molar-refractivity contribution in [2.45, 2.75) is 73.6 Å². The lowest BCUT2D eigenvalue weighted by Gasteiger charge is -2.31. The molecule has 0 aliphatic carbocycles. The van der Waals surface area contributed by atoms with E-state index in [0.717, 1.165) is 23.7 Å². The second-order valence-electron chi connectivity index (χ2n) is 5.38. The molecule has 4 unspecified atom stereocenters. The zero-order valence-electron chi connectivity index (χ0n) is 11.8. The minimum absolute atomic E-state index is 0.906. The fourth-order valence-corrected chi connectivity index (χ4v) is 2.83. The largest absolute Gasteiger partial charge is 0.0651 e. The van der Waals surface area contributed by atoms with Crippen molar-refractivity contribution in [1.82, 2.24) is 0 Å². The summed E-state index contributed by atoms with van der Waals surface area (Å²) >= 11 is 0. The fourth-order valence-electron chi connectivity index (χ4n) is 2.83. The van der Waals surface area contributed by atoms with E-state index < -0.39 is 0 Å². The van der Waals surface area contributed by atoms with E-state index in [0.29, 0.717) is 0 Å². The zero-order chi connectivity index (χ0) is 11.8. The molecule has 0 heteroatoms. The second kappa shape index (κ2) is 8.19. The fraction of sp³-hybridized carbons (Fsp3) is 1.00. The van der Waals surface area contributed by atoms with Gasteiger partial charge in [0.15, 0.2) is 0 Å². The van der Waals surface area contributed by atoms with E-state index in [9.17, 15) is 0 Å². The predicted molar refractivity (Wildman–Crippen MR) is 71.1 cm³/mol. The van der Waals surface area contributed by atoms with Crippen molar-refractivity contribution in [2.75, 3.05) is 0 Å². The highest BCUT2D eigenvalue weighted by molar-refractivity contribution is 4.74. The summed E-state index contributed by atoms with van der Waals surface area (Å²) in [5, 5.41) is 0. The quantitative estimate of drug-likeness (QED) is 0.497. The first-order chi connectivity index (χ1) is 7.10. The molecular weight excluding hydrogens is 180 g/mol. The van der Waals surface area contributed by atoms with Gasteiger partial charge in [0.05, 0.1) is 0 Å². The van der Waals surface area contributed by atoms with Crippen LogP contribution in [0.4, 0.5) is 0 Å². The van der Waals surface area contributed by atoms with Crippen LogP contribution >= 0.6 is 0 Å². The Morgan fingerprint density at radius 2 is 1.33 bits per heavy atom. The van der Waals surface area contributed by atoms with Crippen LogP contribution in [-0.2, 0) is 0 Å². The summed E-state index contributed by atoms with van der Waals surface area (Å²) in [5.41, 5.74) is 0. The summed E-state index contributed by atoms with van der Waals surface area (Å²) in [6.45, 7) is 14.2. The molecule has 0 aliphatic rings. The van der Waals surface area contributed by atoms with Gasteiger partial charge in [-0.15, -0.1) is 0 Å². The summed E-state index contributed by atoms with van der Waals surface area (Å²) in [6.07, 6.45) is 6.86. The van der Waals surface area contributed by atoms with Gasteiger partial charge in [-0.25, -0.2) is 0 Å². The van der Waals surface area contributed by atoms with E-state index in [4.69, 9.17) is 0 Å². The van der Waals surface area contributed by atoms with Gasteiger partial charge in [0.2, 0.25) is 0 Å². The third kappa shape index (κ3) is 5.04. The van der Waals surface area contributed by atoms with Crippen molar-refractivity contribution in [3.05, 3.63) is 0 Å². The zero-order valence-corrected chi connectivity index (χ0v) is 11.8. The maximum Gasteiger partial charge on any atom is -0.0363 e. The highest BCUT2D eigenvalue weighted by Crippen LogP contribution is 2.33. The molecule has 0 saturated carbocycles. The summed E-state index contributed by atoms with van der Waals surface area (Å²) in [4.78, 5) is 0. The van der Waals surface area contributed by atoms with Crippen molar-refractivity contribution >= 4 is 0 Å². The Hall–Kier alpha value is 0. The maximum atomic E-state index is 2.44. The number of hydrogen-bond acceptors (Lipinski definition) is 0. The van der Waals surface area contributed by atoms with Gasteiger partial charge in [0.25, 0.3) is 0 Å². The first-order valence-electron chi connectivity index (χ1n) is 7.10. The lowest BCUT2D eigenvalue weighted by Crippen LogP contribution is -2.22. The highest BCUT2D eigenvalue weighted by atomic mass is 14.3. The van der Waals surface area contributed by atoms with Crippen molar-refractivity contribution < 1.29 is 0 Å². The smallest absolute Gasteiger partial charge is 0.0363 e. The number of rotatable bonds is 8. The Kier molecular flexibility index (Phi) is 8.19. The van der Waals surface area contributed by atoms with E-state index >= 15 is 0 Å². The van der Waals surface area contributed by atoms with Crippen LogP contribution in [0.2, 0.25) is 0 Å². The minimum atomic E-state index is 0.906. The van der Waals surface area contributed by atoms with Crippen LogP contribution in [0.1, 0.15) is 73.6 Å². The van der Waals surface area contributed by atoms with Gasteiger partial charge in [0, 0.05) is 0 Å². The van der Waals surface area contributed by atoms with Crippen LogP contribution in [-0.4, -0.2) is 0 Å². The van der Waals surface area contributed by atoms with Gasteiger partial charge >= 0.3 is 0 Å². The molecule has 0 rings (SSSR count). The molecule has 0 N–H and O–H groups in total. The SMILES string of the molecule is CCC(C)CC(CC)C(CC)C(C)CC. The van der Waals surface area contributed by atoms with E-state index in [1.807, 2.05) is 0 Å². The molecule has 0 saturated heterocycles. The molecule has 0 spiro atoms. The monoisotopic (exact) mass is 212 g/mol. The average Bonchev–Trinajstić information content (AvgIpc) is 2.27. The van der Waals surface area contributed by atoms with Crippen molar-refractivity contribution in [2.24, 2.45) is 23.7 Å². The van der Waals surface area contributed by atoms with Crippen LogP contribution in [0.5, 0.6) is 0 Å². The normalized spacial score (nSPS) is 19.6. The molecule has 0 aromatic heterocycles. The van der Waals surface area contributed by atoms with Crippen LogP contribution in [0.15, 0.2) is 0 Å². The first-order valence-corrected chi connectivity index (χ1v) is 7.10. The Balaban J connectivity index is 4.32. The van der Waals surface area contributed by atoms with E-state index in [2.05, 4.69) is 41.5 Å². The van der Waals surface area contributed by atoms with Crippen molar-refractivity contribution in [3.63, 3.8) is 0 Å². The third-order valence-corrected chi connectivity index (χ3v) is 4.38. The van der Waals surface area contributed by atoms with Crippen molar-refractivity contribution in [1.29, 1.82) is 0 Å². The third-order valence-electron chi connectivity index (χ3n) is 4.38. The lowest BCUT2D eigenvalue weighted by molar-refractivity contribution is 0.188. The standard InChI is InChI=1S/C15H32/c1-7-12(5)11-14(9-3)15(10-4)13(6)8-2/h12-15H,7-11H2,1-6H3. The maximum absolute atomic E-state index is 2.44. The first kappa shape index (κ1) is 15.0. The van der Waals surface area contributed by atoms with E-state index in [-0.39, 0.29) is 0 Å². The lowest BCUT2D eigenvalue weighted by atomic mass is 9.74. The Labute approximate surface area is 97.8 Å². The van der Waals surface area contributed by atoms with Gasteiger partial charge in [-0.05, 0) is 30.1 Å². The predicted octanol–water partition coefficient (Wildman–Crippen LogP) is 5.52. The average molecular weight is 212 g/mol. The van der Waals surface area contributed by atoms with Gasteiger partial charge in [0.1, 0.15) is 0 Å². The molecule has 0 aromatic rings. The summed E-state index contributed by atoms with van der Waals surface area (Å²) in [7, 11) is 0. The molecule has 4 atom stereocenters. The van der Waals surface area contributed by atoms with Gasteiger partial charge in [-0.3, -0.25) is 0 Å². The Morgan fingerprint density at radius 3 is 1.67 bits per heavy atom. The highest BCUT2D eigenvalue weighted by Gasteiger charge is 2.24. The number of hydrogen-bond donors (Lipinski definition) is 0. The molecule has 0 nitrogen and oxygen atoms in total. The van der Waals surface area contributed by atoms with Crippen LogP contribution in [0.3, 0.4) is 0 Å². The Bertz CT molecular complexity index is 139. The molecule has 0 aliphatic heterocycles. The molecule has 15 heavy (non-hydrogen) atoms. The van der Waals surface area contributed by atoms with Crippen LogP contribution in [0, 0.1) is 23.7 Å². The molecule has 0 bridgehead atoms. The van der Waals surface area contributed by atoms with E-state index in [1.54, 1.807) is 0 Å². The van der Waals surface area contributed by atoms with Crippen LogP contribution < -0.4 is 0 Å². The van der Waals surface area contributed by atoms with Gasteiger partial charge in [-0.1, -0.05) is 67.2 Å². The van der Waals surface area contributed by atoms with Gasteiger partial charge < -0.3 is 0 Å². The molecule has 0 amide bonds. The Morgan fingerprint density at radius 1 is 0.733 bits per heavy atom. The summed E-state index contributed by atoms with van der Waals surface area (Å²) < 4.78 is 0. The molecular formula is C15H32. The molecule has 0 heterocycles. The van der Waals surface area contributed by atoms with Crippen molar-refractivity contribution in [3.8, 4) is 0 Å². The molecule has 0 fully saturated rings.